The van der Waals surface area contributed by atoms with Crippen LogP contribution in [0.25, 0.3) is 0 Å². The van der Waals surface area contributed by atoms with E-state index in [4.69, 9.17) is 10.00 Å². The number of hydrogen-bond donors (Lipinski definition) is 0. The number of carbonyl (C=O) groups excluding carboxylic acids is 1. The van der Waals surface area contributed by atoms with Crippen molar-refractivity contribution in [3.8, 4) is 11.3 Å². The average molecular weight is 412 g/mol. The van der Waals surface area contributed by atoms with E-state index in [-0.39, 0.29) is 12.2 Å². The minimum absolute atomic E-state index is 0.0440. The third-order valence-corrected chi connectivity index (χ3v) is 6.80. The summed E-state index contributed by atoms with van der Waals surface area (Å²) in [5.41, 5.74) is 0.972. The fraction of sp³-hybridized carbons (Fsp3) is 0.750. The van der Waals surface area contributed by atoms with E-state index in [9.17, 15) is 13.6 Å². The molecular weight excluding hydrogens is 384 g/mol. The Bertz CT molecular complexity index is 696. The van der Waals surface area contributed by atoms with Crippen molar-refractivity contribution < 1.29 is 18.3 Å². The first-order chi connectivity index (χ1) is 13.5. The Morgan fingerprint density at radius 1 is 1.32 bits per heavy atom. The molecule has 0 spiro atoms. The van der Waals surface area contributed by atoms with Gasteiger partial charge in [-0.1, -0.05) is 24.2 Å². The quantitative estimate of drug-likeness (QED) is 0.609. The number of hydrogen-bond acceptors (Lipinski definition) is 6. The van der Waals surface area contributed by atoms with Crippen molar-refractivity contribution >= 4 is 17.1 Å². The molecule has 5 nitrogen and oxygen atoms in total. The van der Waals surface area contributed by atoms with Gasteiger partial charge in [-0.25, -0.2) is 13.8 Å². The number of carbonyl (C=O) groups is 1. The molecule has 1 fully saturated rings. The summed E-state index contributed by atoms with van der Waals surface area (Å²) >= 11 is 1.39. The minimum atomic E-state index is -2.48. The van der Waals surface area contributed by atoms with Crippen molar-refractivity contribution in [2.75, 3.05) is 19.7 Å². The van der Waals surface area contributed by atoms with Crippen LogP contribution < -0.4 is 4.74 Å². The van der Waals surface area contributed by atoms with E-state index >= 15 is 0 Å². The van der Waals surface area contributed by atoms with Crippen molar-refractivity contribution in [3.05, 3.63) is 10.6 Å². The van der Waals surface area contributed by atoms with Crippen LogP contribution in [-0.2, 0) is 17.8 Å². The summed E-state index contributed by atoms with van der Waals surface area (Å²) in [6.45, 7) is 2.16. The summed E-state index contributed by atoms with van der Waals surface area (Å²) in [5.74, 6) is 1.23. The number of fused-ring (bicyclic) bond motifs is 1. The van der Waals surface area contributed by atoms with E-state index in [0.29, 0.717) is 23.5 Å². The van der Waals surface area contributed by atoms with Crippen molar-refractivity contribution in [1.29, 1.82) is 5.26 Å². The molecule has 8 heteroatoms. The molecule has 28 heavy (non-hydrogen) atoms. The van der Waals surface area contributed by atoms with Crippen LogP contribution in [0, 0.1) is 23.2 Å². The van der Waals surface area contributed by atoms with Gasteiger partial charge in [0.25, 0.3) is 11.6 Å². The van der Waals surface area contributed by atoms with Crippen LogP contribution in [0.3, 0.4) is 0 Å². The molecule has 0 saturated heterocycles. The zero-order valence-electron chi connectivity index (χ0n) is 16.0. The SMILES string of the molecule is N#CCC(=O)CC1CCC(CCN2CCc3sc(OCC(F)F)nc3C2)CC1. The first-order valence-electron chi connectivity index (χ1n) is 10.0. The van der Waals surface area contributed by atoms with Crippen molar-refractivity contribution in [2.45, 2.75) is 64.3 Å². The predicted molar refractivity (Wildman–Crippen MR) is 103 cm³/mol. The largest absolute Gasteiger partial charge is 0.464 e. The summed E-state index contributed by atoms with van der Waals surface area (Å²) in [6, 6.07) is 1.94. The molecule has 154 valence electrons. The smallest absolute Gasteiger partial charge is 0.273 e. The molecule has 0 bridgehead atoms. The standard InChI is InChI=1S/C20H27F2N3O2S/c21-19(22)13-27-20-24-17-12-25(10-7-18(17)28-20)9-6-14-1-3-15(4-2-14)11-16(26)5-8-23/h14-15,19H,1-7,9-13H2. The van der Waals surface area contributed by atoms with E-state index < -0.39 is 13.0 Å². The number of nitrogens with zero attached hydrogens (tertiary/aromatic N) is 3. The number of thiazole rings is 1. The number of Topliss-reactive ketones (excluding diaryl/α,β-unsaturated/α-hetero) is 1. The average Bonchev–Trinajstić information content (AvgIpc) is 3.08. The molecule has 0 aromatic carbocycles. The fourth-order valence-electron chi connectivity index (χ4n) is 4.19. The Kier molecular flexibility index (Phi) is 7.74. The highest BCUT2D eigenvalue weighted by atomic mass is 32.1. The lowest BCUT2D eigenvalue weighted by molar-refractivity contribution is -0.119. The van der Waals surface area contributed by atoms with Crippen LogP contribution in [0.1, 0.15) is 55.5 Å². The van der Waals surface area contributed by atoms with E-state index in [1.54, 1.807) is 0 Å². The third-order valence-electron chi connectivity index (χ3n) is 5.73. The maximum Gasteiger partial charge on any atom is 0.273 e. The normalized spacial score (nSPS) is 22.6. The summed E-state index contributed by atoms with van der Waals surface area (Å²) in [6.07, 6.45) is 4.67. The van der Waals surface area contributed by atoms with Gasteiger partial charge < -0.3 is 4.74 Å². The molecule has 2 heterocycles. The van der Waals surface area contributed by atoms with Crippen LogP contribution >= 0.6 is 11.3 Å². The van der Waals surface area contributed by atoms with Crippen LogP contribution in [0.5, 0.6) is 5.19 Å². The van der Waals surface area contributed by atoms with E-state index in [2.05, 4.69) is 9.88 Å². The van der Waals surface area contributed by atoms with E-state index in [1.807, 2.05) is 6.07 Å². The molecule has 0 radical (unpaired) electrons. The van der Waals surface area contributed by atoms with Gasteiger partial charge in [0.15, 0.2) is 6.61 Å². The van der Waals surface area contributed by atoms with Crippen LogP contribution in [0.4, 0.5) is 8.78 Å². The number of halogens is 2. The van der Waals surface area contributed by atoms with Crippen LogP contribution in [-0.4, -0.2) is 41.8 Å². The van der Waals surface area contributed by atoms with Crippen molar-refractivity contribution in [3.63, 3.8) is 0 Å². The number of alkyl halides is 2. The maximum atomic E-state index is 12.3. The number of ether oxygens (including phenoxy) is 1. The second kappa shape index (κ2) is 10.3. The molecule has 0 amide bonds. The minimum Gasteiger partial charge on any atom is -0.464 e. The van der Waals surface area contributed by atoms with Gasteiger partial charge in [0, 0.05) is 24.4 Å². The molecule has 1 aliphatic heterocycles. The predicted octanol–water partition coefficient (Wildman–Crippen LogP) is 4.21. The lowest BCUT2D eigenvalue weighted by Gasteiger charge is -2.31. The zero-order valence-corrected chi connectivity index (χ0v) is 16.9. The highest BCUT2D eigenvalue weighted by Crippen LogP contribution is 2.34. The zero-order chi connectivity index (χ0) is 19.9. The van der Waals surface area contributed by atoms with Crippen LogP contribution in [0.2, 0.25) is 0 Å². The fourth-order valence-corrected chi connectivity index (χ4v) is 5.10. The highest BCUT2D eigenvalue weighted by Gasteiger charge is 2.25. The first kappa shape index (κ1) is 21.1. The van der Waals surface area contributed by atoms with Gasteiger partial charge in [0.1, 0.15) is 5.78 Å². The summed E-state index contributed by atoms with van der Waals surface area (Å²) < 4.78 is 29.6. The van der Waals surface area contributed by atoms with Crippen molar-refractivity contribution in [2.24, 2.45) is 11.8 Å². The molecule has 0 atom stereocenters. The summed E-state index contributed by atoms with van der Waals surface area (Å²) in [4.78, 5) is 19.6. The van der Waals surface area contributed by atoms with Gasteiger partial charge in [0.2, 0.25) is 0 Å². The maximum absolute atomic E-state index is 12.3. The molecule has 0 unspecified atom stereocenters. The molecule has 2 aliphatic rings. The van der Waals surface area contributed by atoms with Crippen LogP contribution in [0.15, 0.2) is 0 Å². The second-order valence-electron chi connectivity index (χ2n) is 7.83. The molecule has 1 saturated carbocycles. The number of nitriles is 1. The number of ketones is 1. The van der Waals surface area contributed by atoms with Gasteiger partial charge in [-0.3, -0.25) is 9.69 Å². The van der Waals surface area contributed by atoms with Gasteiger partial charge in [-0.2, -0.15) is 5.26 Å². The summed E-state index contributed by atoms with van der Waals surface area (Å²) in [5, 5.41) is 8.95. The van der Waals surface area contributed by atoms with Gasteiger partial charge in [-0.05, 0) is 44.1 Å². The molecule has 1 aromatic rings. The number of aromatic nitrogens is 1. The number of rotatable bonds is 9. The van der Waals surface area contributed by atoms with Gasteiger partial charge >= 0.3 is 0 Å². The van der Waals surface area contributed by atoms with E-state index in [0.717, 1.165) is 68.7 Å². The third kappa shape index (κ3) is 6.21. The molecule has 3 rings (SSSR count). The summed E-state index contributed by atoms with van der Waals surface area (Å²) in [7, 11) is 0. The van der Waals surface area contributed by atoms with Gasteiger partial charge in [-0.15, -0.1) is 0 Å². The first-order valence-corrected chi connectivity index (χ1v) is 10.9. The Hall–Kier alpha value is -1.59. The highest BCUT2D eigenvalue weighted by molar-refractivity contribution is 7.13. The topological polar surface area (TPSA) is 66.2 Å². The van der Waals surface area contributed by atoms with Gasteiger partial charge in [0.05, 0.1) is 18.2 Å². The van der Waals surface area contributed by atoms with E-state index in [1.165, 1.54) is 11.3 Å². The second-order valence-corrected chi connectivity index (χ2v) is 8.88. The lowest BCUT2D eigenvalue weighted by Crippen LogP contribution is -2.32. The monoisotopic (exact) mass is 411 g/mol. The Morgan fingerprint density at radius 2 is 2.07 bits per heavy atom. The molecule has 0 N–H and O–H groups in total. The Labute approximate surface area is 168 Å². The molecular formula is C20H27F2N3O2S. The molecule has 1 aromatic heterocycles. The lowest BCUT2D eigenvalue weighted by atomic mass is 9.78. The Balaban J connectivity index is 1.37. The Morgan fingerprint density at radius 3 is 2.79 bits per heavy atom. The molecule has 1 aliphatic carbocycles. The van der Waals surface area contributed by atoms with Crippen molar-refractivity contribution in [1.82, 2.24) is 9.88 Å².